The first-order chi connectivity index (χ1) is 11.5. The maximum Gasteiger partial charge on any atom is 0.237 e. The number of carbonyl (C=O) groups is 1. The van der Waals surface area contributed by atoms with Gasteiger partial charge in [-0.1, -0.05) is 64.9 Å². The molecule has 1 unspecified atom stereocenters. The highest BCUT2D eigenvalue weighted by Crippen LogP contribution is 2.36. The summed E-state index contributed by atoms with van der Waals surface area (Å²) in [6.45, 7) is 1.85. The first kappa shape index (κ1) is 17.7. The summed E-state index contributed by atoms with van der Waals surface area (Å²) in [4.78, 5) is 17.0. The third-order valence-electron chi connectivity index (χ3n) is 3.39. The van der Waals surface area contributed by atoms with Crippen LogP contribution in [0.2, 0.25) is 10.0 Å². The van der Waals surface area contributed by atoms with Gasteiger partial charge in [-0.3, -0.25) is 4.79 Å². The topological polar surface area (TPSA) is 41.5 Å². The number of nitrogens with zero attached hydrogens (tertiary/aromatic N) is 1. The van der Waals surface area contributed by atoms with Crippen molar-refractivity contribution in [2.45, 2.75) is 17.9 Å². The van der Waals surface area contributed by atoms with Crippen LogP contribution in [0.3, 0.4) is 0 Å². The molecule has 1 atom stereocenters. The minimum atomic E-state index is -0.284. The Balaban J connectivity index is 1.66. The Bertz CT molecular complexity index is 811. The second kappa shape index (κ2) is 7.83. The molecular formula is C17H14Cl2N2OS2. The predicted octanol–water partition coefficient (Wildman–Crippen LogP) is 5.99. The van der Waals surface area contributed by atoms with E-state index in [0.717, 1.165) is 15.8 Å². The Morgan fingerprint density at radius 2 is 2.08 bits per heavy atom. The van der Waals surface area contributed by atoms with Gasteiger partial charge in [-0.05, 0) is 36.8 Å². The Hall–Kier alpha value is -1.14. The molecule has 2 aromatic carbocycles. The fourth-order valence-corrected chi connectivity index (χ4v) is 4.75. The SMILES string of the molecule is CC(SC1=Nc2ccccc2CS1)C(=O)Nc1ccc(Cl)cc1Cl. The van der Waals surface area contributed by atoms with Gasteiger partial charge in [0.25, 0.3) is 0 Å². The molecule has 0 radical (unpaired) electrons. The van der Waals surface area contributed by atoms with Gasteiger partial charge in [-0.2, -0.15) is 0 Å². The van der Waals surface area contributed by atoms with E-state index in [1.165, 1.54) is 17.3 Å². The van der Waals surface area contributed by atoms with E-state index in [-0.39, 0.29) is 11.2 Å². The Labute approximate surface area is 159 Å². The van der Waals surface area contributed by atoms with E-state index in [1.807, 2.05) is 25.1 Å². The van der Waals surface area contributed by atoms with E-state index < -0.39 is 0 Å². The monoisotopic (exact) mass is 396 g/mol. The molecule has 2 aromatic rings. The molecule has 3 nitrogen and oxygen atoms in total. The molecule has 0 bridgehead atoms. The van der Waals surface area contributed by atoms with Crippen LogP contribution in [0.25, 0.3) is 0 Å². The Kier molecular flexibility index (Phi) is 5.76. The van der Waals surface area contributed by atoms with Crippen molar-refractivity contribution in [1.29, 1.82) is 0 Å². The number of amides is 1. The van der Waals surface area contributed by atoms with Gasteiger partial charge in [-0.25, -0.2) is 4.99 Å². The highest BCUT2D eigenvalue weighted by Gasteiger charge is 2.20. The van der Waals surface area contributed by atoms with E-state index in [4.69, 9.17) is 23.2 Å². The summed E-state index contributed by atoms with van der Waals surface area (Å²) in [6.07, 6.45) is 0. The molecule has 1 amide bonds. The van der Waals surface area contributed by atoms with Crippen molar-refractivity contribution in [2.24, 2.45) is 4.99 Å². The normalized spacial score (nSPS) is 14.5. The summed E-state index contributed by atoms with van der Waals surface area (Å²) in [5, 5.41) is 3.50. The molecule has 1 N–H and O–H groups in total. The van der Waals surface area contributed by atoms with Crippen molar-refractivity contribution in [3.63, 3.8) is 0 Å². The number of thioether (sulfide) groups is 2. The van der Waals surface area contributed by atoms with Crippen LogP contribution in [-0.2, 0) is 10.5 Å². The van der Waals surface area contributed by atoms with Crippen molar-refractivity contribution < 1.29 is 4.79 Å². The van der Waals surface area contributed by atoms with E-state index in [0.29, 0.717) is 15.7 Å². The number of rotatable bonds is 3. The number of hydrogen-bond acceptors (Lipinski definition) is 4. The molecule has 0 saturated heterocycles. The second-order valence-electron chi connectivity index (χ2n) is 5.17. The van der Waals surface area contributed by atoms with Crippen molar-refractivity contribution in [3.8, 4) is 0 Å². The Morgan fingerprint density at radius 1 is 1.29 bits per heavy atom. The van der Waals surface area contributed by atoms with Crippen LogP contribution < -0.4 is 5.32 Å². The maximum atomic E-state index is 12.4. The van der Waals surface area contributed by atoms with Crippen LogP contribution >= 0.6 is 46.7 Å². The lowest BCUT2D eigenvalue weighted by atomic mass is 10.2. The zero-order valence-electron chi connectivity index (χ0n) is 12.8. The van der Waals surface area contributed by atoms with Crippen molar-refractivity contribution in [3.05, 3.63) is 58.1 Å². The summed E-state index contributed by atoms with van der Waals surface area (Å²) in [5.41, 5.74) is 2.76. The van der Waals surface area contributed by atoms with Crippen molar-refractivity contribution >= 4 is 68.4 Å². The number of aliphatic imine (C=N–C) groups is 1. The van der Waals surface area contributed by atoms with Gasteiger partial charge < -0.3 is 5.32 Å². The van der Waals surface area contributed by atoms with Crippen LogP contribution in [0.15, 0.2) is 47.5 Å². The number of anilines is 1. The molecular weight excluding hydrogens is 383 g/mol. The Morgan fingerprint density at radius 3 is 2.88 bits per heavy atom. The average molecular weight is 397 g/mol. The van der Waals surface area contributed by atoms with Crippen LogP contribution in [0.5, 0.6) is 0 Å². The summed E-state index contributed by atoms with van der Waals surface area (Å²) >= 11 is 15.1. The maximum absolute atomic E-state index is 12.4. The second-order valence-corrected chi connectivity index (χ2v) is 8.56. The zero-order valence-corrected chi connectivity index (χ0v) is 15.9. The zero-order chi connectivity index (χ0) is 17.1. The van der Waals surface area contributed by atoms with Crippen LogP contribution in [0.1, 0.15) is 12.5 Å². The molecule has 0 aliphatic carbocycles. The lowest BCUT2D eigenvalue weighted by Crippen LogP contribution is -2.23. The molecule has 0 saturated carbocycles. The third-order valence-corrected chi connectivity index (χ3v) is 6.23. The van der Waals surface area contributed by atoms with E-state index >= 15 is 0 Å². The number of hydrogen-bond donors (Lipinski definition) is 1. The third kappa shape index (κ3) is 4.28. The smallest absolute Gasteiger partial charge is 0.237 e. The number of nitrogens with one attached hydrogen (secondary N) is 1. The lowest BCUT2D eigenvalue weighted by molar-refractivity contribution is -0.115. The first-order valence-electron chi connectivity index (χ1n) is 7.25. The molecule has 1 aliphatic rings. The van der Waals surface area contributed by atoms with Gasteiger partial charge in [0.05, 0.1) is 21.6 Å². The molecule has 1 heterocycles. The fourth-order valence-electron chi connectivity index (χ4n) is 2.10. The number of fused-ring (bicyclic) bond motifs is 1. The highest BCUT2D eigenvalue weighted by atomic mass is 35.5. The summed E-state index contributed by atoms with van der Waals surface area (Å²) in [7, 11) is 0. The van der Waals surface area contributed by atoms with Crippen LogP contribution in [0, 0.1) is 0 Å². The molecule has 0 fully saturated rings. The number of para-hydroxylation sites is 1. The van der Waals surface area contributed by atoms with Gasteiger partial charge >= 0.3 is 0 Å². The van der Waals surface area contributed by atoms with E-state index in [1.54, 1.807) is 30.0 Å². The number of carbonyl (C=O) groups excluding carboxylic acids is 1. The minimum Gasteiger partial charge on any atom is -0.324 e. The summed E-state index contributed by atoms with van der Waals surface area (Å²) < 4.78 is 0.901. The summed E-state index contributed by atoms with van der Waals surface area (Å²) in [5.74, 6) is 0.755. The molecule has 0 aromatic heterocycles. The van der Waals surface area contributed by atoms with Crippen LogP contribution in [0.4, 0.5) is 11.4 Å². The van der Waals surface area contributed by atoms with Gasteiger partial charge in [0.15, 0.2) is 0 Å². The minimum absolute atomic E-state index is 0.119. The molecule has 7 heteroatoms. The van der Waals surface area contributed by atoms with Crippen molar-refractivity contribution in [2.75, 3.05) is 5.32 Å². The molecule has 24 heavy (non-hydrogen) atoms. The van der Waals surface area contributed by atoms with E-state index in [9.17, 15) is 4.79 Å². The van der Waals surface area contributed by atoms with Crippen LogP contribution in [-0.4, -0.2) is 15.5 Å². The van der Waals surface area contributed by atoms with Gasteiger partial charge in [0.1, 0.15) is 4.38 Å². The first-order valence-corrected chi connectivity index (χ1v) is 9.87. The molecule has 124 valence electrons. The highest BCUT2D eigenvalue weighted by molar-refractivity contribution is 8.39. The molecule has 0 spiro atoms. The lowest BCUT2D eigenvalue weighted by Gasteiger charge is -2.17. The van der Waals surface area contributed by atoms with Gasteiger partial charge in [-0.15, -0.1) is 0 Å². The van der Waals surface area contributed by atoms with E-state index in [2.05, 4.69) is 16.4 Å². The quantitative estimate of drug-likeness (QED) is 0.692. The van der Waals surface area contributed by atoms with Crippen molar-refractivity contribution in [1.82, 2.24) is 0 Å². The average Bonchev–Trinajstić information content (AvgIpc) is 2.57. The number of benzene rings is 2. The molecule has 3 rings (SSSR count). The van der Waals surface area contributed by atoms with Gasteiger partial charge in [0, 0.05) is 10.8 Å². The fraction of sp³-hybridized carbons (Fsp3) is 0.176. The standard InChI is InChI=1S/C17H14Cl2N2OS2/c1-10(16(22)20-15-7-6-12(18)8-13(15)19)24-17-21-14-5-3-2-4-11(14)9-23-17/h2-8,10H,9H2,1H3,(H,20,22). The summed E-state index contributed by atoms with van der Waals surface area (Å²) in [6, 6.07) is 13.1. The number of halogens is 2. The molecule has 1 aliphatic heterocycles. The largest absolute Gasteiger partial charge is 0.324 e. The predicted molar refractivity (Wildman–Crippen MR) is 107 cm³/mol. The van der Waals surface area contributed by atoms with Gasteiger partial charge in [0.2, 0.25) is 5.91 Å².